The third-order valence-electron chi connectivity index (χ3n) is 2.82. The highest BCUT2D eigenvalue weighted by molar-refractivity contribution is 5.94. The van der Waals surface area contributed by atoms with Crippen molar-refractivity contribution >= 4 is 11.7 Å². The zero-order valence-corrected chi connectivity index (χ0v) is 11.0. The lowest BCUT2D eigenvalue weighted by atomic mass is 10.1. The highest BCUT2D eigenvalue weighted by atomic mass is 16.4. The second kappa shape index (κ2) is 6.06. The average molecular weight is 246 g/mol. The van der Waals surface area contributed by atoms with Gasteiger partial charge in [0.15, 0.2) is 0 Å². The second-order valence-corrected chi connectivity index (χ2v) is 4.39. The Balaban J connectivity index is 3.13. The van der Waals surface area contributed by atoms with E-state index in [9.17, 15) is 9.90 Å². The maximum atomic E-state index is 11.3. The molecule has 1 N–H and O–H groups in total. The lowest BCUT2D eigenvalue weighted by Gasteiger charge is -2.25. The molecule has 96 valence electrons. The standard InChI is InChI=1S/C14H18N2O2/c1-4-16(9-11(3)8-15)13-6-5-10(2)7-12(13)14(17)18/h5-7,11H,4,9H2,1-3H3,(H,17,18). The number of carboxylic acid groups (broad SMARTS) is 1. The van der Waals surface area contributed by atoms with Crippen LogP contribution in [0.5, 0.6) is 0 Å². The number of anilines is 1. The van der Waals surface area contributed by atoms with Crippen LogP contribution < -0.4 is 4.90 Å². The molecule has 0 aliphatic rings. The number of benzene rings is 1. The largest absolute Gasteiger partial charge is 0.478 e. The van der Waals surface area contributed by atoms with Crippen molar-refractivity contribution < 1.29 is 9.90 Å². The number of aryl methyl sites for hydroxylation is 1. The van der Waals surface area contributed by atoms with Crippen LogP contribution in [0.25, 0.3) is 0 Å². The van der Waals surface area contributed by atoms with Gasteiger partial charge in [0.2, 0.25) is 0 Å². The fourth-order valence-corrected chi connectivity index (χ4v) is 1.87. The van der Waals surface area contributed by atoms with Gasteiger partial charge in [0.05, 0.1) is 23.2 Å². The van der Waals surface area contributed by atoms with Gasteiger partial charge < -0.3 is 10.0 Å². The SMILES string of the molecule is CCN(CC(C)C#N)c1ccc(C)cc1C(=O)O. The predicted molar refractivity (Wildman–Crippen MR) is 70.8 cm³/mol. The van der Waals surface area contributed by atoms with E-state index in [1.165, 1.54) is 0 Å². The summed E-state index contributed by atoms with van der Waals surface area (Å²) in [5, 5.41) is 18.1. The number of hydrogen-bond donors (Lipinski definition) is 1. The summed E-state index contributed by atoms with van der Waals surface area (Å²) in [7, 11) is 0. The van der Waals surface area contributed by atoms with Crippen molar-refractivity contribution in [3.05, 3.63) is 29.3 Å². The number of carbonyl (C=O) groups is 1. The van der Waals surface area contributed by atoms with Crippen molar-refractivity contribution in [2.75, 3.05) is 18.0 Å². The van der Waals surface area contributed by atoms with Gasteiger partial charge in [-0.15, -0.1) is 0 Å². The number of carboxylic acids is 1. The molecule has 18 heavy (non-hydrogen) atoms. The molecule has 0 radical (unpaired) electrons. The first-order valence-corrected chi connectivity index (χ1v) is 5.98. The maximum Gasteiger partial charge on any atom is 0.337 e. The molecular weight excluding hydrogens is 228 g/mol. The summed E-state index contributed by atoms with van der Waals surface area (Å²) in [4.78, 5) is 13.2. The van der Waals surface area contributed by atoms with Crippen molar-refractivity contribution in [3.8, 4) is 6.07 Å². The molecule has 1 aromatic rings. The predicted octanol–water partition coefficient (Wildman–Crippen LogP) is 2.68. The van der Waals surface area contributed by atoms with Gasteiger partial charge in [0.1, 0.15) is 0 Å². The molecule has 1 rings (SSSR count). The van der Waals surface area contributed by atoms with Gasteiger partial charge >= 0.3 is 5.97 Å². The van der Waals surface area contributed by atoms with Crippen molar-refractivity contribution in [1.29, 1.82) is 5.26 Å². The molecule has 0 saturated carbocycles. The first-order valence-electron chi connectivity index (χ1n) is 5.98. The molecule has 0 bridgehead atoms. The number of nitrogens with zero attached hydrogens (tertiary/aromatic N) is 2. The van der Waals surface area contributed by atoms with Gasteiger partial charge in [0.25, 0.3) is 0 Å². The quantitative estimate of drug-likeness (QED) is 0.867. The smallest absolute Gasteiger partial charge is 0.337 e. The zero-order chi connectivity index (χ0) is 13.7. The molecule has 0 aliphatic carbocycles. The minimum atomic E-state index is -0.934. The van der Waals surface area contributed by atoms with E-state index in [1.54, 1.807) is 6.07 Å². The van der Waals surface area contributed by atoms with Crippen LogP contribution in [0.3, 0.4) is 0 Å². The van der Waals surface area contributed by atoms with Gasteiger partial charge in [-0.3, -0.25) is 0 Å². The molecule has 4 heteroatoms. The Kier molecular flexibility index (Phi) is 4.73. The van der Waals surface area contributed by atoms with Crippen LogP contribution in [-0.2, 0) is 0 Å². The van der Waals surface area contributed by atoms with E-state index in [0.29, 0.717) is 24.3 Å². The Morgan fingerprint density at radius 1 is 1.56 bits per heavy atom. The van der Waals surface area contributed by atoms with Crippen LogP contribution in [0.1, 0.15) is 29.8 Å². The van der Waals surface area contributed by atoms with E-state index in [2.05, 4.69) is 6.07 Å². The Hall–Kier alpha value is -2.02. The van der Waals surface area contributed by atoms with E-state index in [1.807, 2.05) is 37.8 Å². The Morgan fingerprint density at radius 3 is 2.72 bits per heavy atom. The number of rotatable bonds is 5. The van der Waals surface area contributed by atoms with Gasteiger partial charge in [-0.25, -0.2) is 4.79 Å². The Morgan fingerprint density at radius 2 is 2.22 bits per heavy atom. The number of hydrogen-bond acceptors (Lipinski definition) is 3. The van der Waals surface area contributed by atoms with Crippen molar-refractivity contribution in [2.24, 2.45) is 5.92 Å². The van der Waals surface area contributed by atoms with Crippen LogP contribution >= 0.6 is 0 Å². The first-order chi connectivity index (χ1) is 8.49. The summed E-state index contributed by atoms with van der Waals surface area (Å²) in [5.41, 5.74) is 1.89. The summed E-state index contributed by atoms with van der Waals surface area (Å²) in [5.74, 6) is -1.07. The van der Waals surface area contributed by atoms with E-state index in [0.717, 1.165) is 5.56 Å². The molecule has 0 spiro atoms. The monoisotopic (exact) mass is 246 g/mol. The van der Waals surface area contributed by atoms with Crippen LogP contribution in [0.15, 0.2) is 18.2 Å². The average Bonchev–Trinajstić information content (AvgIpc) is 2.35. The van der Waals surface area contributed by atoms with E-state index in [4.69, 9.17) is 5.26 Å². The normalized spacial score (nSPS) is 11.7. The minimum absolute atomic E-state index is 0.132. The molecule has 0 aromatic heterocycles. The minimum Gasteiger partial charge on any atom is -0.478 e. The van der Waals surface area contributed by atoms with Gasteiger partial charge in [0, 0.05) is 13.1 Å². The second-order valence-electron chi connectivity index (χ2n) is 4.39. The van der Waals surface area contributed by atoms with Crippen LogP contribution in [0.4, 0.5) is 5.69 Å². The Bertz CT molecular complexity index is 477. The van der Waals surface area contributed by atoms with Gasteiger partial charge in [-0.2, -0.15) is 5.26 Å². The molecular formula is C14H18N2O2. The molecule has 4 nitrogen and oxygen atoms in total. The summed E-state index contributed by atoms with van der Waals surface area (Å²) < 4.78 is 0. The molecule has 0 heterocycles. The van der Waals surface area contributed by atoms with E-state index < -0.39 is 5.97 Å². The van der Waals surface area contributed by atoms with Gasteiger partial charge in [-0.05, 0) is 32.9 Å². The molecule has 0 fully saturated rings. The van der Waals surface area contributed by atoms with Crippen LogP contribution in [0.2, 0.25) is 0 Å². The fourth-order valence-electron chi connectivity index (χ4n) is 1.87. The highest BCUT2D eigenvalue weighted by Crippen LogP contribution is 2.23. The van der Waals surface area contributed by atoms with Crippen molar-refractivity contribution in [2.45, 2.75) is 20.8 Å². The fraction of sp³-hybridized carbons (Fsp3) is 0.429. The van der Waals surface area contributed by atoms with E-state index >= 15 is 0 Å². The molecule has 0 amide bonds. The van der Waals surface area contributed by atoms with Crippen LogP contribution in [0, 0.1) is 24.2 Å². The third-order valence-corrected chi connectivity index (χ3v) is 2.82. The van der Waals surface area contributed by atoms with E-state index in [-0.39, 0.29) is 5.92 Å². The molecule has 1 unspecified atom stereocenters. The summed E-state index contributed by atoms with van der Waals surface area (Å²) in [6, 6.07) is 7.54. The zero-order valence-electron chi connectivity index (χ0n) is 11.0. The molecule has 1 atom stereocenters. The van der Waals surface area contributed by atoms with Crippen molar-refractivity contribution in [1.82, 2.24) is 0 Å². The number of nitriles is 1. The third kappa shape index (κ3) is 3.24. The summed E-state index contributed by atoms with van der Waals surface area (Å²) in [6.07, 6.45) is 0. The first kappa shape index (κ1) is 14.0. The maximum absolute atomic E-state index is 11.3. The highest BCUT2D eigenvalue weighted by Gasteiger charge is 2.16. The molecule has 1 aromatic carbocycles. The summed E-state index contributed by atoms with van der Waals surface area (Å²) in [6.45, 7) is 6.86. The van der Waals surface area contributed by atoms with Crippen molar-refractivity contribution in [3.63, 3.8) is 0 Å². The van der Waals surface area contributed by atoms with Crippen LogP contribution in [-0.4, -0.2) is 24.2 Å². The van der Waals surface area contributed by atoms with Gasteiger partial charge in [-0.1, -0.05) is 11.6 Å². The topological polar surface area (TPSA) is 64.3 Å². The Labute approximate surface area is 107 Å². The lowest BCUT2D eigenvalue weighted by molar-refractivity contribution is 0.0697. The molecule has 0 saturated heterocycles. The number of aromatic carboxylic acids is 1. The lowest BCUT2D eigenvalue weighted by Crippen LogP contribution is -2.29. The molecule has 0 aliphatic heterocycles. The summed E-state index contributed by atoms with van der Waals surface area (Å²) >= 11 is 0.